The van der Waals surface area contributed by atoms with E-state index in [2.05, 4.69) is 5.32 Å². The third-order valence-corrected chi connectivity index (χ3v) is 5.29. The van der Waals surface area contributed by atoms with Crippen molar-refractivity contribution in [2.75, 3.05) is 26.0 Å². The lowest BCUT2D eigenvalue weighted by atomic mass is 10.2. The molecule has 116 valence electrons. The van der Waals surface area contributed by atoms with Crippen LogP contribution >= 0.6 is 0 Å². The van der Waals surface area contributed by atoms with E-state index in [1.54, 1.807) is 0 Å². The number of amides is 1. The van der Waals surface area contributed by atoms with Gasteiger partial charge in [0.05, 0.1) is 18.9 Å². The summed E-state index contributed by atoms with van der Waals surface area (Å²) >= 11 is 0. The number of nitrogens with one attached hydrogen (secondary N) is 1. The molecule has 0 aromatic heterocycles. The van der Waals surface area contributed by atoms with Crippen molar-refractivity contribution in [1.29, 1.82) is 0 Å². The van der Waals surface area contributed by atoms with Crippen molar-refractivity contribution >= 4 is 15.9 Å². The second-order valence-electron chi connectivity index (χ2n) is 5.69. The zero-order valence-electron chi connectivity index (χ0n) is 12.0. The maximum absolute atomic E-state index is 11.9. The first kappa shape index (κ1) is 15.7. The first-order valence-electron chi connectivity index (χ1n) is 7.32. The van der Waals surface area contributed by atoms with Gasteiger partial charge in [0.2, 0.25) is 15.9 Å². The second kappa shape index (κ2) is 6.87. The van der Waals surface area contributed by atoms with Gasteiger partial charge < -0.3 is 10.1 Å². The minimum Gasteiger partial charge on any atom is -0.376 e. The zero-order valence-corrected chi connectivity index (χ0v) is 12.8. The van der Waals surface area contributed by atoms with Gasteiger partial charge in [-0.2, -0.15) is 4.31 Å². The summed E-state index contributed by atoms with van der Waals surface area (Å²) in [6, 6.07) is -0.0153. The van der Waals surface area contributed by atoms with Crippen molar-refractivity contribution in [3.05, 3.63) is 0 Å². The van der Waals surface area contributed by atoms with Crippen LogP contribution < -0.4 is 5.32 Å². The van der Waals surface area contributed by atoms with E-state index in [1.807, 2.05) is 0 Å². The monoisotopic (exact) mass is 304 g/mol. The van der Waals surface area contributed by atoms with E-state index >= 15 is 0 Å². The van der Waals surface area contributed by atoms with Crippen molar-refractivity contribution in [2.45, 2.75) is 50.7 Å². The number of rotatable bonds is 6. The molecule has 20 heavy (non-hydrogen) atoms. The van der Waals surface area contributed by atoms with E-state index in [0.29, 0.717) is 6.54 Å². The molecule has 1 amide bonds. The van der Waals surface area contributed by atoms with Gasteiger partial charge in [0.25, 0.3) is 0 Å². The minimum absolute atomic E-state index is 0.0153. The highest BCUT2D eigenvalue weighted by molar-refractivity contribution is 7.88. The van der Waals surface area contributed by atoms with Crippen LogP contribution in [0.1, 0.15) is 38.5 Å². The molecule has 1 aliphatic heterocycles. The minimum atomic E-state index is -3.34. The van der Waals surface area contributed by atoms with Crippen molar-refractivity contribution in [1.82, 2.24) is 9.62 Å². The molecule has 1 unspecified atom stereocenters. The SMILES string of the molecule is CS(=O)(=O)N(CC(=O)NCC1CCCO1)C1CCCC1. The molecular weight excluding hydrogens is 280 g/mol. The highest BCUT2D eigenvalue weighted by Gasteiger charge is 2.31. The molecule has 7 heteroatoms. The number of nitrogens with zero attached hydrogens (tertiary/aromatic N) is 1. The Morgan fingerprint density at radius 1 is 1.25 bits per heavy atom. The average Bonchev–Trinajstić information content (AvgIpc) is 3.04. The van der Waals surface area contributed by atoms with E-state index in [4.69, 9.17) is 4.74 Å². The number of carbonyl (C=O) groups is 1. The van der Waals surface area contributed by atoms with Gasteiger partial charge in [-0.3, -0.25) is 4.79 Å². The molecule has 1 aliphatic carbocycles. The van der Waals surface area contributed by atoms with Gasteiger partial charge in [-0.25, -0.2) is 8.42 Å². The van der Waals surface area contributed by atoms with Crippen LogP contribution in [-0.4, -0.2) is 56.7 Å². The zero-order chi connectivity index (χ0) is 14.6. The van der Waals surface area contributed by atoms with Crippen molar-refractivity contribution in [3.63, 3.8) is 0 Å². The lowest BCUT2D eigenvalue weighted by Gasteiger charge is -2.26. The fourth-order valence-electron chi connectivity index (χ4n) is 2.94. The van der Waals surface area contributed by atoms with Gasteiger partial charge in [-0.15, -0.1) is 0 Å². The summed E-state index contributed by atoms with van der Waals surface area (Å²) in [6.07, 6.45) is 7.02. The molecule has 2 fully saturated rings. The highest BCUT2D eigenvalue weighted by atomic mass is 32.2. The number of ether oxygens (including phenoxy) is 1. The number of hydrogen-bond donors (Lipinski definition) is 1. The quantitative estimate of drug-likeness (QED) is 0.775. The summed E-state index contributed by atoms with van der Waals surface area (Å²) in [5.41, 5.74) is 0. The number of sulfonamides is 1. The van der Waals surface area contributed by atoms with Crippen LogP contribution in [0.4, 0.5) is 0 Å². The van der Waals surface area contributed by atoms with Crippen LogP contribution in [0.25, 0.3) is 0 Å². The summed E-state index contributed by atoms with van der Waals surface area (Å²) in [5.74, 6) is -0.238. The summed E-state index contributed by atoms with van der Waals surface area (Å²) in [7, 11) is -3.34. The molecular formula is C13H24N2O4S. The second-order valence-corrected chi connectivity index (χ2v) is 7.62. The maximum Gasteiger partial charge on any atom is 0.235 e. The van der Waals surface area contributed by atoms with Gasteiger partial charge >= 0.3 is 0 Å². The van der Waals surface area contributed by atoms with Crippen LogP contribution in [0.5, 0.6) is 0 Å². The summed E-state index contributed by atoms with van der Waals surface area (Å²) in [4.78, 5) is 11.9. The van der Waals surface area contributed by atoms with Crippen LogP contribution in [-0.2, 0) is 19.6 Å². The summed E-state index contributed by atoms with van der Waals surface area (Å²) in [5, 5.41) is 2.78. The Labute approximate surface area is 120 Å². The summed E-state index contributed by atoms with van der Waals surface area (Å²) in [6.45, 7) is 1.15. The first-order chi connectivity index (χ1) is 9.47. The molecule has 1 N–H and O–H groups in total. The Bertz CT molecular complexity index is 426. The first-order valence-corrected chi connectivity index (χ1v) is 9.17. The topological polar surface area (TPSA) is 75.7 Å². The van der Waals surface area contributed by atoms with Crippen LogP contribution in [0.3, 0.4) is 0 Å². The van der Waals surface area contributed by atoms with Gasteiger partial charge in [0.15, 0.2) is 0 Å². The standard InChI is InChI=1S/C13H24N2O4S/c1-20(17,18)15(11-5-2-3-6-11)10-13(16)14-9-12-7-4-8-19-12/h11-12H,2-10H2,1H3,(H,14,16). The molecule has 0 aromatic carbocycles. The average molecular weight is 304 g/mol. The van der Waals surface area contributed by atoms with Crippen molar-refractivity contribution in [2.24, 2.45) is 0 Å². The van der Waals surface area contributed by atoms with Crippen molar-refractivity contribution < 1.29 is 17.9 Å². The smallest absolute Gasteiger partial charge is 0.235 e. The third-order valence-electron chi connectivity index (χ3n) is 4.01. The normalized spacial score (nSPS) is 24.4. The Hall–Kier alpha value is -0.660. The van der Waals surface area contributed by atoms with E-state index < -0.39 is 10.0 Å². The lowest BCUT2D eigenvalue weighted by molar-refractivity contribution is -0.122. The molecule has 0 bridgehead atoms. The fourth-order valence-corrected chi connectivity index (χ4v) is 4.04. The molecule has 0 radical (unpaired) electrons. The Balaban J connectivity index is 1.84. The Kier molecular flexibility index (Phi) is 5.40. The molecule has 0 spiro atoms. The molecule has 1 heterocycles. The molecule has 1 saturated carbocycles. The Morgan fingerprint density at radius 3 is 2.50 bits per heavy atom. The largest absolute Gasteiger partial charge is 0.376 e. The van der Waals surface area contributed by atoms with Crippen LogP contribution in [0, 0.1) is 0 Å². The molecule has 2 aliphatic rings. The van der Waals surface area contributed by atoms with E-state index in [9.17, 15) is 13.2 Å². The predicted octanol–water partition coefficient (Wildman–Crippen LogP) is 0.486. The molecule has 2 rings (SSSR count). The van der Waals surface area contributed by atoms with E-state index in [0.717, 1.165) is 45.1 Å². The van der Waals surface area contributed by atoms with Crippen molar-refractivity contribution in [3.8, 4) is 0 Å². The van der Waals surface area contributed by atoms with Gasteiger partial charge in [0, 0.05) is 19.2 Å². The fraction of sp³-hybridized carbons (Fsp3) is 0.923. The molecule has 0 aromatic rings. The van der Waals surface area contributed by atoms with Gasteiger partial charge in [0.1, 0.15) is 0 Å². The molecule has 1 saturated heterocycles. The van der Waals surface area contributed by atoms with Crippen LogP contribution in [0.15, 0.2) is 0 Å². The number of hydrogen-bond acceptors (Lipinski definition) is 4. The van der Waals surface area contributed by atoms with E-state index in [-0.39, 0.29) is 24.6 Å². The summed E-state index contributed by atoms with van der Waals surface area (Å²) < 4.78 is 30.5. The Morgan fingerprint density at radius 2 is 1.95 bits per heavy atom. The van der Waals surface area contributed by atoms with Gasteiger partial charge in [-0.1, -0.05) is 12.8 Å². The molecule has 6 nitrogen and oxygen atoms in total. The predicted molar refractivity (Wildman–Crippen MR) is 75.8 cm³/mol. The van der Waals surface area contributed by atoms with Crippen LogP contribution in [0.2, 0.25) is 0 Å². The third kappa shape index (κ3) is 4.43. The lowest BCUT2D eigenvalue weighted by Crippen LogP contribution is -2.46. The van der Waals surface area contributed by atoms with Gasteiger partial charge in [-0.05, 0) is 25.7 Å². The van der Waals surface area contributed by atoms with E-state index in [1.165, 1.54) is 10.6 Å². The highest BCUT2D eigenvalue weighted by Crippen LogP contribution is 2.25. The molecule has 1 atom stereocenters. The maximum atomic E-state index is 11.9. The number of carbonyl (C=O) groups excluding carboxylic acids is 1.